The molecule has 108 valence electrons. The first kappa shape index (κ1) is 14.3. The van der Waals surface area contributed by atoms with E-state index in [9.17, 15) is 14.0 Å². The number of carbonyl (C=O) groups is 2. The van der Waals surface area contributed by atoms with Gasteiger partial charge in [0.15, 0.2) is 0 Å². The number of carboxylic acids is 1. The lowest BCUT2D eigenvalue weighted by Gasteiger charge is -2.20. The average Bonchev–Trinajstić information content (AvgIpc) is 2.72. The number of urea groups is 1. The fourth-order valence-electron chi connectivity index (χ4n) is 2.30. The number of rotatable bonds is 2. The zero-order chi connectivity index (χ0) is 14.9. The van der Waals surface area contributed by atoms with Crippen LogP contribution in [0, 0.1) is 11.2 Å². The average molecular weight is 280 g/mol. The first-order valence-corrected chi connectivity index (χ1v) is 6.38. The Balaban J connectivity index is 2.18. The van der Waals surface area contributed by atoms with Gasteiger partial charge in [-0.15, -0.1) is 0 Å². The van der Waals surface area contributed by atoms with Crippen molar-refractivity contribution >= 4 is 17.7 Å². The van der Waals surface area contributed by atoms with Gasteiger partial charge in [-0.2, -0.15) is 0 Å². The van der Waals surface area contributed by atoms with E-state index in [2.05, 4.69) is 5.32 Å². The first-order chi connectivity index (χ1) is 9.30. The van der Waals surface area contributed by atoms with E-state index in [0.29, 0.717) is 13.1 Å². The van der Waals surface area contributed by atoms with Crippen LogP contribution in [0.2, 0.25) is 0 Å². The zero-order valence-electron chi connectivity index (χ0n) is 11.4. The van der Waals surface area contributed by atoms with Crippen LogP contribution in [0.5, 0.6) is 0 Å². The van der Waals surface area contributed by atoms with Gasteiger partial charge in [-0.25, -0.2) is 14.0 Å². The number of benzene rings is 1. The second kappa shape index (κ2) is 5.11. The van der Waals surface area contributed by atoms with Gasteiger partial charge >= 0.3 is 12.0 Å². The Kier molecular flexibility index (Phi) is 3.65. The molecule has 1 aromatic carbocycles. The third-order valence-electron chi connectivity index (χ3n) is 3.44. The Morgan fingerprint density at radius 1 is 1.40 bits per heavy atom. The van der Waals surface area contributed by atoms with Crippen molar-refractivity contribution in [3.8, 4) is 0 Å². The Hall–Kier alpha value is -2.11. The van der Waals surface area contributed by atoms with E-state index >= 15 is 0 Å². The minimum atomic E-state index is -1.28. The van der Waals surface area contributed by atoms with Crippen LogP contribution in [0.1, 0.15) is 30.6 Å². The Morgan fingerprint density at radius 3 is 2.65 bits per heavy atom. The fraction of sp³-hybridized carbons (Fsp3) is 0.429. The maximum absolute atomic E-state index is 13.7. The minimum Gasteiger partial charge on any atom is -0.478 e. The van der Waals surface area contributed by atoms with Crippen molar-refractivity contribution in [2.24, 2.45) is 5.41 Å². The number of likely N-dealkylation sites (tertiary alicyclic amines) is 1. The molecule has 0 radical (unpaired) electrons. The first-order valence-electron chi connectivity index (χ1n) is 6.38. The Morgan fingerprint density at radius 2 is 2.10 bits per heavy atom. The number of anilines is 1. The summed E-state index contributed by atoms with van der Waals surface area (Å²) in [5, 5.41) is 11.4. The summed E-state index contributed by atoms with van der Waals surface area (Å²) in [7, 11) is 0. The van der Waals surface area contributed by atoms with Gasteiger partial charge in [-0.05, 0) is 24.0 Å². The number of hydrogen-bond donors (Lipinski definition) is 2. The Bertz CT molecular complexity index is 557. The molecule has 1 aliphatic heterocycles. The molecule has 6 heteroatoms. The second-order valence-electron chi connectivity index (χ2n) is 5.73. The molecule has 5 nitrogen and oxygen atoms in total. The number of aromatic carboxylic acids is 1. The van der Waals surface area contributed by atoms with Crippen molar-refractivity contribution in [2.75, 3.05) is 18.4 Å². The number of para-hydroxylation sites is 1. The molecule has 0 spiro atoms. The number of halogens is 1. The highest BCUT2D eigenvalue weighted by Crippen LogP contribution is 2.29. The monoisotopic (exact) mass is 280 g/mol. The number of hydrogen-bond acceptors (Lipinski definition) is 2. The molecule has 20 heavy (non-hydrogen) atoms. The summed E-state index contributed by atoms with van der Waals surface area (Å²) in [6.45, 7) is 5.24. The van der Waals surface area contributed by atoms with Gasteiger partial charge in [0.05, 0.1) is 11.3 Å². The van der Waals surface area contributed by atoms with Crippen molar-refractivity contribution in [1.29, 1.82) is 0 Å². The number of carboxylic acid groups (broad SMARTS) is 1. The molecule has 0 bridgehead atoms. The minimum absolute atomic E-state index is 0.0300. The zero-order valence-corrected chi connectivity index (χ0v) is 11.4. The number of nitrogens with zero attached hydrogens (tertiary/aromatic N) is 1. The summed E-state index contributed by atoms with van der Waals surface area (Å²) >= 11 is 0. The molecule has 2 rings (SSSR count). The van der Waals surface area contributed by atoms with Crippen LogP contribution in [0.15, 0.2) is 18.2 Å². The molecule has 1 aromatic rings. The van der Waals surface area contributed by atoms with E-state index < -0.39 is 17.8 Å². The van der Waals surface area contributed by atoms with Crippen molar-refractivity contribution in [3.05, 3.63) is 29.6 Å². The standard InChI is InChI=1S/C14H17FN2O3/c1-14(2)6-7-17(8-14)13(20)16-11-9(12(18)19)4-3-5-10(11)15/h3-5H,6-8H2,1-2H3,(H,16,20)(H,18,19). The normalized spacial score (nSPS) is 17.1. The van der Waals surface area contributed by atoms with E-state index in [4.69, 9.17) is 5.11 Å². The highest BCUT2D eigenvalue weighted by Gasteiger charge is 2.32. The van der Waals surface area contributed by atoms with E-state index in [-0.39, 0.29) is 16.7 Å². The van der Waals surface area contributed by atoms with Crippen LogP contribution >= 0.6 is 0 Å². The second-order valence-corrected chi connectivity index (χ2v) is 5.73. The molecule has 0 aliphatic carbocycles. The van der Waals surface area contributed by atoms with Gasteiger partial charge in [-0.3, -0.25) is 0 Å². The highest BCUT2D eigenvalue weighted by atomic mass is 19.1. The molecule has 0 atom stereocenters. The summed E-state index contributed by atoms with van der Waals surface area (Å²) in [5.41, 5.74) is -0.506. The molecule has 1 saturated heterocycles. The van der Waals surface area contributed by atoms with Crippen molar-refractivity contribution in [1.82, 2.24) is 4.90 Å². The lowest BCUT2D eigenvalue weighted by Crippen LogP contribution is -2.34. The molecule has 1 fully saturated rings. The molecule has 0 saturated carbocycles. The molecule has 1 heterocycles. The highest BCUT2D eigenvalue weighted by molar-refractivity contribution is 6.00. The molecule has 0 unspecified atom stereocenters. The van der Waals surface area contributed by atoms with Crippen LogP contribution in [0.25, 0.3) is 0 Å². The quantitative estimate of drug-likeness (QED) is 0.875. The SMILES string of the molecule is CC1(C)CCN(C(=O)Nc2c(F)cccc2C(=O)O)C1. The van der Waals surface area contributed by atoms with Gasteiger partial charge in [0.25, 0.3) is 0 Å². The molecule has 0 aromatic heterocycles. The van der Waals surface area contributed by atoms with Crippen molar-refractivity contribution in [2.45, 2.75) is 20.3 Å². The lowest BCUT2D eigenvalue weighted by atomic mass is 9.93. The fourth-order valence-corrected chi connectivity index (χ4v) is 2.30. The molecular formula is C14H17FN2O3. The third-order valence-corrected chi connectivity index (χ3v) is 3.44. The van der Waals surface area contributed by atoms with E-state index in [1.807, 2.05) is 13.8 Å². The largest absolute Gasteiger partial charge is 0.478 e. The summed E-state index contributed by atoms with van der Waals surface area (Å²) in [6.07, 6.45) is 0.865. The maximum atomic E-state index is 13.7. The van der Waals surface area contributed by atoms with Gasteiger partial charge in [0.2, 0.25) is 0 Å². The number of nitrogens with one attached hydrogen (secondary N) is 1. The molecular weight excluding hydrogens is 263 g/mol. The topological polar surface area (TPSA) is 69.6 Å². The van der Waals surface area contributed by atoms with Gasteiger partial charge < -0.3 is 15.3 Å². The van der Waals surface area contributed by atoms with E-state index in [0.717, 1.165) is 12.5 Å². The third kappa shape index (κ3) is 2.89. The summed E-state index contributed by atoms with van der Waals surface area (Å²) in [4.78, 5) is 24.7. The number of carbonyl (C=O) groups excluding carboxylic acids is 1. The van der Waals surface area contributed by atoms with Crippen LogP contribution in [0.3, 0.4) is 0 Å². The summed E-state index contributed by atoms with van der Waals surface area (Å²) < 4.78 is 13.7. The lowest BCUT2D eigenvalue weighted by molar-refractivity contribution is 0.0697. The number of amides is 2. The van der Waals surface area contributed by atoms with E-state index in [1.54, 1.807) is 4.90 Å². The molecule has 2 amide bonds. The molecule has 1 aliphatic rings. The van der Waals surface area contributed by atoms with Gasteiger partial charge in [-0.1, -0.05) is 19.9 Å². The van der Waals surface area contributed by atoms with Gasteiger partial charge in [0, 0.05) is 13.1 Å². The van der Waals surface area contributed by atoms with Crippen molar-refractivity contribution < 1.29 is 19.1 Å². The predicted octanol–water partition coefficient (Wildman–Crippen LogP) is 2.79. The summed E-state index contributed by atoms with van der Waals surface area (Å²) in [5.74, 6) is -2.03. The summed E-state index contributed by atoms with van der Waals surface area (Å²) in [6, 6.07) is 3.21. The Labute approximate surface area is 116 Å². The predicted molar refractivity (Wildman–Crippen MR) is 72.3 cm³/mol. The smallest absolute Gasteiger partial charge is 0.337 e. The van der Waals surface area contributed by atoms with Crippen LogP contribution in [-0.4, -0.2) is 35.1 Å². The van der Waals surface area contributed by atoms with Crippen LogP contribution < -0.4 is 5.32 Å². The van der Waals surface area contributed by atoms with E-state index in [1.165, 1.54) is 12.1 Å². The molecule has 2 N–H and O–H groups in total. The maximum Gasteiger partial charge on any atom is 0.337 e. The van der Waals surface area contributed by atoms with Gasteiger partial charge in [0.1, 0.15) is 5.82 Å². The van der Waals surface area contributed by atoms with Crippen LogP contribution in [0.4, 0.5) is 14.9 Å². The van der Waals surface area contributed by atoms with Crippen LogP contribution in [-0.2, 0) is 0 Å². The van der Waals surface area contributed by atoms with Crippen molar-refractivity contribution in [3.63, 3.8) is 0 Å².